The van der Waals surface area contributed by atoms with Gasteiger partial charge in [-0.25, -0.2) is 4.39 Å². The smallest absolute Gasteiger partial charge is 0.421 e. The molecule has 49 heavy (non-hydrogen) atoms. The van der Waals surface area contributed by atoms with Gasteiger partial charge in [0.1, 0.15) is 30.4 Å². The Balaban J connectivity index is 1.24. The minimum Gasteiger partial charge on any atom is -0.462 e. The van der Waals surface area contributed by atoms with E-state index in [9.17, 15) is 27.6 Å². The van der Waals surface area contributed by atoms with Gasteiger partial charge in [0.25, 0.3) is 0 Å². The van der Waals surface area contributed by atoms with E-state index in [0.717, 1.165) is 36.6 Å². The second-order valence-corrected chi connectivity index (χ2v) is 12.7. The zero-order chi connectivity index (χ0) is 34.5. The third-order valence-electron chi connectivity index (χ3n) is 9.52. The van der Waals surface area contributed by atoms with Crippen LogP contribution in [0.2, 0.25) is 0 Å². The van der Waals surface area contributed by atoms with E-state index in [4.69, 9.17) is 14.5 Å². The molecule has 3 aliphatic heterocycles. The molecule has 2 saturated heterocycles. The van der Waals surface area contributed by atoms with Crippen LogP contribution < -0.4 is 14.5 Å². The summed E-state index contributed by atoms with van der Waals surface area (Å²) >= 11 is 0. The largest absolute Gasteiger partial charge is 0.462 e. The number of piperazine rings is 1. The van der Waals surface area contributed by atoms with Gasteiger partial charge in [0.05, 0.1) is 37.0 Å². The fourth-order valence-electron chi connectivity index (χ4n) is 6.88. The maximum absolute atomic E-state index is 14.5. The summed E-state index contributed by atoms with van der Waals surface area (Å²) in [6.45, 7) is 3.03. The quantitative estimate of drug-likeness (QED) is 0.219. The molecule has 260 valence electrons. The molecule has 1 aromatic heterocycles. The van der Waals surface area contributed by atoms with E-state index in [1.807, 2.05) is 47.2 Å². The number of aromatic nitrogens is 2. The van der Waals surface area contributed by atoms with Crippen molar-refractivity contribution in [3.8, 4) is 12.1 Å². The summed E-state index contributed by atoms with van der Waals surface area (Å²) in [4.78, 5) is 30.0. The molecular formula is C35H39F4N7O3. The van der Waals surface area contributed by atoms with Crippen LogP contribution in [0.1, 0.15) is 41.6 Å². The van der Waals surface area contributed by atoms with Crippen LogP contribution in [-0.2, 0) is 35.3 Å². The molecule has 0 radical (unpaired) electrons. The molecule has 6 rings (SSSR count). The standard InChI is InChI=1S/C35H39F4N7O3/c1-43-15-6-9-26(43)23-49-34-41-29-20-45(30-11-5-10-28(36)32(30)35(37,38)39)16-13-27(29)33(42-34)46-18-17-44(25(19-46)12-14-40)21-31(47)48-22-24-7-3-2-4-8-24/h2-5,7-8,10-11,25-26H,6,9,12-13,15-23H2,1H3/t25-,26-/m0/s1. The number of nitrogens with zero attached hydrogens (tertiary/aromatic N) is 7. The van der Waals surface area contributed by atoms with E-state index in [1.54, 1.807) is 0 Å². The summed E-state index contributed by atoms with van der Waals surface area (Å²) in [7, 11) is 2.03. The molecule has 2 aromatic carbocycles. The molecule has 0 spiro atoms. The third-order valence-corrected chi connectivity index (χ3v) is 9.52. The van der Waals surface area contributed by atoms with E-state index in [0.29, 0.717) is 44.2 Å². The lowest BCUT2D eigenvalue weighted by Gasteiger charge is -2.42. The molecule has 3 aliphatic rings. The van der Waals surface area contributed by atoms with Crippen molar-refractivity contribution in [2.45, 2.75) is 57.1 Å². The summed E-state index contributed by atoms with van der Waals surface area (Å²) in [5.41, 5.74) is 0.623. The van der Waals surface area contributed by atoms with Gasteiger partial charge in [0, 0.05) is 43.8 Å². The van der Waals surface area contributed by atoms with Crippen molar-refractivity contribution in [2.75, 3.05) is 62.7 Å². The number of nitriles is 1. The number of halogens is 4. The number of carbonyl (C=O) groups is 1. The lowest BCUT2D eigenvalue weighted by atomic mass is 10.0. The van der Waals surface area contributed by atoms with Crippen LogP contribution in [0.4, 0.5) is 29.1 Å². The topological polar surface area (TPSA) is 98.1 Å². The Labute approximate surface area is 282 Å². The van der Waals surface area contributed by atoms with Crippen molar-refractivity contribution in [1.29, 1.82) is 5.26 Å². The van der Waals surface area contributed by atoms with Gasteiger partial charge in [-0.15, -0.1) is 0 Å². The van der Waals surface area contributed by atoms with Gasteiger partial charge in [0.15, 0.2) is 0 Å². The van der Waals surface area contributed by atoms with Gasteiger partial charge in [-0.3, -0.25) is 9.69 Å². The van der Waals surface area contributed by atoms with Gasteiger partial charge in [-0.05, 0) is 50.6 Å². The van der Waals surface area contributed by atoms with Crippen LogP contribution in [0.5, 0.6) is 6.01 Å². The molecule has 14 heteroatoms. The second-order valence-electron chi connectivity index (χ2n) is 12.7. The molecular weight excluding hydrogens is 642 g/mol. The van der Waals surface area contributed by atoms with E-state index >= 15 is 0 Å². The fraction of sp³-hybridized carbons (Fsp3) is 0.486. The first-order chi connectivity index (χ1) is 23.6. The molecule has 10 nitrogen and oxygen atoms in total. The fourth-order valence-corrected chi connectivity index (χ4v) is 6.88. The average molecular weight is 682 g/mol. The highest BCUT2D eigenvalue weighted by atomic mass is 19.4. The van der Waals surface area contributed by atoms with Crippen LogP contribution in [0.3, 0.4) is 0 Å². The minimum atomic E-state index is -4.87. The average Bonchev–Trinajstić information content (AvgIpc) is 3.50. The molecule has 0 bridgehead atoms. The summed E-state index contributed by atoms with van der Waals surface area (Å²) in [5, 5.41) is 9.67. The van der Waals surface area contributed by atoms with Crippen molar-refractivity contribution in [2.24, 2.45) is 0 Å². The SMILES string of the molecule is CN1CCC[C@H]1COc1nc2c(c(N3CCN(CC(=O)OCc4ccccc4)[C@@H](CC#N)C3)n1)CCN(c1cccc(F)c1C(F)(F)F)C2. The van der Waals surface area contributed by atoms with Crippen LogP contribution in [0.25, 0.3) is 0 Å². The van der Waals surface area contributed by atoms with E-state index in [-0.39, 0.29) is 62.4 Å². The number of esters is 1. The van der Waals surface area contributed by atoms with E-state index in [1.165, 1.54) is 17.0 Å². The highest BCUT2D eigenvalue weighted by Crippen LogP contribution is 2.40. The maximum Gasteiger partial charge on any atom is 0.421 e. The Morgan fingerprint density at radius 1 is 1.02 bits per heavy atom. The van der Waals surface area contributed by atoms with Gasteiger partial charge >= 0.3 is 18.2 Å². The highest BCUT2D eigenvalue weighted by Gasteiger charge is 2.40. The minimum absolute atomic E-state index is 0.00588. The number of likely N-dealkylation sites (N-methyl/N-ethyl adjacent to an activating group) is 1. The number of carbonyl (C=O) groups excluding carboxylic acids is 1. The highest BCUT2D eigenvalue weighted by molar-refractivity contribution is 5.72. The summed E-state index contributed by atoms with van der Waals surface area (Å²) in [6.07, 6.45) is -2.37. The van der Waals surface area contributed by atoms with Crippen molar-refractivity contribution < 1.29 is 31.8 Å². The lowest BCUT2D eigenvalue weighted by Crippen LogP contribution is -2.55. The Morgan fingerprint density at radius 2 is 1.84 bits per heavy atom. The molecule has 2 fully saturated rings. The van der Waals surface area contributed by atoms with Gasteiger partial charge in [0.2, 0.25) is 0 Å². The van der Waals surface area contributed by atoms with Crippen LogP contribution in [0.15, 0.2) is 48.5 Å². The number of fused-ring (bicyclic) bond motifs is 1. The maximum atomic E-state index is 14.5. The monoisotopic (exact) mass is 681 g/mol. The number of hydrogen-bond acceptors (Lipinski definition) is 10. The zero-order valence-electron chi connectivity index (χ0n) is 27.3. The molecule has 2 atom stereocenters. The van der Waals surface area contributed by atoms with Crippen molar-refractivity contribution in [3.05, 3.63) is 76.7 Å². The number of rotatable bonds is 10. The second kappa shape index (κ2) is 15.0. The van der Waals surface area contributed by atoms with Crippen molar-refractivity contribution >= 4 is 17.5 Å². The molecule has 0 aliphatic carbocycles. The van der Waals surface area contributed by atoms with Gasteiger partial charge in [-0.2, -0.15) is 28.4 Å². The van der Waals surface area contributed by atoms with Crippen LogP contribution in [0, 0.1) is 17.1 Å². The Morgan fingerprint density at radius 3 is 2.57 bits per heavy atom. The molecule has 0 amide bonds. The number of benzene rings is 2. The normalized spacial score (nSPS) is 20.2. The van der Waals surface area contributed by atoms with E-state index in [2.05, 4.69) is 16.0 Å². The van der Waals surface area contributed by atoms with E-state index < -0.39 is 17.6 Å². The number of likely N-dealkylation sites (tertiary alicyclic amines) is 1. The van der Waals surface area contributed by atoms with Gasteiger partial charge < -0.3 is 24.2 Å². The summed E-state index contributed by atoms with van der Waals surface area (Å²) in [5.74, 6) is -1.11. The van der Waals surface area contributed by atoms with Crippen LogP contribution >= 0.6 is 0 Å². The molecule has 3 aromatic rings. The first kappa shape index (κ1) is 34.4. The number of alkyl halides is 3. The number of anilines is 2. The zero-order valence-corrected chi connectivity index (χ0v) is 27.3. The lowest BCUT2D eigenvalue weighted by molar-refractivity contribution is -0.147. The predicted molar refractivity (Wildman–Crippen MR) is 173 cm³/mol. The number of ether oxygens (including phenoxy) is 2. The molecule has 0 N–H and O–H groups in total. The van der Waals surface area contributed by atoms with Crippen molar-refractivity contribution in [1.82, 2.24) is 19.8 Å². The van der Waals surface area contributed by atoms with Crippen LogP contribution in [-0.4, -0.2) is 90.7 Å². The first-order valence-corrected chi connectivity index (χ1v) is 16.5. The Kier molecular flexibility index (Phi) is 10.5. The number of hydrogen-bond donors (Lipinski definition) is 0. The van der Waals surface area contributed by atoms with Gasteiger partial charge in [-0.1, -0.05) is 36.4 Å². The summed E-state index contributed by atoms with van der Waals surface area (Å²) < 4.78 is 68.0. The molecule has 4 heterocycles. The molecule has 0 saturated carbocycles. The third kappa shape index (κ3) is 8.05. The summed E-state index contributed by atoms with van der Waals surface area (Å²) in [6, 6.07) is 15.0. The Bertz CT molecular complexity index is 1670. The molecule has 0 unspecified atom stereocenters. The predicted octanol–water partition coefficient (Wildman–Crippen LogP) is 4.82. The Hall–Kier alpha value is -4.48. The first-order valence-electron chi connectivity index (χ1n) is 16.5. The van der Waals surface area contributed by atoms with Crippen molar-refractivity contribution in [3.63, 3.8) is 0 Å².